The van der Waals surface area contributed by atoms with Crippen molar-refractivity contribution in [3.63, 3.8) is 0 Å². The first-order valence-electron chi connectivity index (χ1n) is 8.82. The van der Waals surface area contributed by atoms with Crippen LogP contribution in [0.3, 0.4) is 0 Å². The Labute approximate surface area is 171 Å². The van der Waals surface area contributed by atoms with E-state index in [2.05, 4.69) is 14.7 Å². The van der Waals surface area contributed by atoms with E-state index < -0.39 is 15.8 Å². The molecule has 0 radical (unpaired) electrons. The number of hydrogen-bond acceptors (Lipinski definition) is 5. The van der Waals surface area contributed by atoms with Gasteiger partial charge in [-0.05, 0) is 42.0 Å². The molecule has 0 aliphatic carbocycles. The molecule has 0 saturated heterocycles. The van der Waals surface area contributed by atoms with E-state index in [4.69, 9.17) is 10.00 Å². The predicted molar refractivity (Wildman–Crippen MR) is 109 cm³/mol. The molecule has 2 aromatic carbocycles. The van der Waals surface area contributed by atoms with Crippen molar-refractivity contribution in [2.45, 2.75) is 11.5 Å². The van der Waals surface area contributed by atoms with E-state index in [9.17, 15) is 12.8 Å². The van der Waals surface area contributed by atoms with Crippen LogP contribution in [0.25, 0.3) is 11.0 Å². The lowest BCUT2D eigenvalue weighted by Crippen LogP contribution is -2.12. The molecule has 0 fully saturated rings. The van der Waals surface area contributed by atoms with Crippen molar-refractivity contribution in [3.05, 3.63) is 83.9 Å². The molecule has 0 bridgehead atoms. The van der Waals surface area contributed by atoms with Crippen LogP contribution in [-0.2, 0) is 16.6 Å². The molecule has 0 aliphatic heterocycles. The summed E-state index contributed by atoms with van der Waals surface area (Å²) in [5.74, 6) is -0.746. The number of pyridine rings is 1. The molecule has 4 rings (SSSR count). The highest BCUT2D eigenvalue weighted by atomic mass is 32.2. The zero-order valence-corrected chi connectivity index (χ0v) is 16.3. The number of fused-ring (bicyclic) bond motifs is 1. The number of ether oxygens (including phenoxy) is 1. The van der Waals surface area contributed by atoms with E-state index in [0.717, 1.165) is 6.07 Å². The number of benzene rings is 2. The molecule has 0 atom stereocenters. The van der Waals surface area contributed by atoms with Crippen LogP contribution in [0.2, 0.25) is 0 Å². The van der Waals surface area contributed by atoms with Crippen LogP contribution in [-0.4, -0.2) is 18.4 Å². The van der Waals surface area contributed by atoms with Crippen LogP contribution in [0.15, 0.2) is 71.9 Å². The lowest BCUT2D eigenvalue weighted by molar-refractivity contribution is 0.290. The highest BCUT2D eigenvalue weighted by molar-refractivity contribution is 7.93. The third kappa shape index (κ3) is 3.94. The number of sulfonamides is 1. The molecule has 2 heterocycles. The molecule has 30 heavy (non-hydrogen) atoms. The van der Waals surface area contributed by atoms with E-state index in [1.165, 1.54) is 18.3 Å². The van der Waals surface area contributed by atoms with Crippen LogP contribution < -0.4 is 9.46 Å². The number of hydrogen-bond donors (Lipinski definition) is 2. The molecule has 0 unspecified atom stereocenters. The fourth-order valence-corrected chi connectivity index (χ4v) is 4.15. The summed E-state index contributed by atoms with van der Waals surface area (Å²) in [5.41, 5.74) is 1.69. The molecule has 9 heteroatoms. The van der Waals surface area contributed by atoms with Crippen LogP contribution in [0.5, 0.6) is 5.75 Å². The Bertz CT molecular complexity index is 1380. The molecule has 2 aromatic heterocycles. The molecule has 0 spiro atoms. The van der Waals surface area contributed by atoms with E-state index in [1.54, 1.807) is 42.6 Å². The zero-order chi connectivity index (χ0) is 21.1. The van der Waals surface area contributed by atoms with Gasteiger partial charge in [-0.25, -0.2) is 17.8 Å². The fraction of sp³-hybridized carbons (Fsp3) is 0.0476. The van der Waals surface area contributed by atoms with Crippen molar-refractivity contribution < 1.29 is 17.5 Å². The fourth-order valence-electron chi connectivity index (χ4n) is 2.94. The van der Waals surface area contributed by atoms with Crippen molar-refractivity contribution in [1.82, 2.24) is 9.97 Å². The Kier molecular flexibility index (Phi) is 5.08. The molecule has 4 aromatic rings. The number of nitriles is 1. The molecule has 0 aliphatic rings. The summed E-state index contributed by atoms with van der Waals surface area (Å²) in [6, 6.07) is 15.9. The standard InChI is InChI=1S/C21H15FN4O3S/c22-18-10-16(6-7-19(18)29-13-15-4-1-3-14(9-15)11-23)26-30(27,28)20-12-25-21-17(20)5-2-8-24-21/h1-10,12,26H,13H2,(H,24,25). The van der Waals surface area contributed by atoms with Crippen molar-refractivity contribution >= 4 is 26.7 Å². The number of aromatic amines is 1. The minimum atomic E-state index is -3.95. The number of anilines is 1. The predicted octanol–water partition coefficient (Wildman–Crippen LogP) is 3.95. The van der Waals surface area contributed by atoms with Crippen molar-refractivity contribution in [2.24, 2.45) is 0 Å². The topological polar surface area (TPSA) is 108 Å². The molecule has 7 nitrogen and oxygen atoms in total. The number of rotatable bonds is 6. The minimum Gasteiger partial charge on any atom is -0.486 e. The first kappa shape index (κ1) is 19.4. The normalized spacial score (nSPS) is 11.2. The van der Waals surface area contributed by atoms with Crippen LogP contribution in [0.4, 0.5) is 10.1 Å². The van der Waals surface area contributed by atoms with Gasteiger partial charge in [0, 0.05) is 23.8 Å². The Morgan fingerprint density at radius 1 is 1.17 bits per heavy atom. The molecular formula is C21H15FN4O3S. The largest absolute Gasteiger partial charge is 0.486 e. The second-order valence-corrected chi connectivity index (χ2v) is 8.05. The lowest BCUT2D eigenvalue weighted by atomic mass is 10.1. The summed E-state index contributed by atoms with van der Waals surface area (Å²) >= 11 is 0. The maximum absolute atomic E-state index is 14.4. The second-order valence-electron chi connectivity index (χ2n) is 6.40. The minimum absolute atomic E-state index is 0.0173. The summed E-state index contributed by atoms with van der Waals surface area (Å²) in [5, 5.41) is 9.36. The number of H-pyrrole nitrogens is 1. The van der Waals surface area contributed by atoms with Gasteiger partial charge in [0.05, 0.1) is 17.3 Å². The molecule has 150 valence electrons. The SMILES string of the molecule is N#Cc1cccc(COc2ccc(NS(=O)(=O)c3c[nH]c4ncccc34)cc2F)c1. The molecular weight excluding hydrogens is 407 g/mol. The summed E-state index contributed by atoms with van der Waals surface area (Å²) in [6.45, 7) is 0.0693. The first-order chi connectivity index (χ1) is 14.5. The summed E-state index contributed by atoms with van der Waals surface area (Å²) in [7, 11) is -3.95. The Morgan fingerprint density at radius 2 is 2.03 bits per heavy atom. The van der Waals surface area contributed by atoms with Gasteiger partial charge in [0.15, 0.2) is 11.6 Å². The molecule has 0 amide bonds. The molecule has 2 N–H and O–H groups in total. The van der Waals surface area contributed by atoms with Gasteiger partial charge in [0.25, 0.3) is 10.0 Å². The third-order valence-electron chi connectivity index (χ3n) is 4.34. The van der Waals surface area contributed by atoms with Crippen LogP contribution in [0.1, 0.15) is 11.1 Å². The molecule has 0 saturated carbocycles. The van der Waals surface area contributed by atoms with E-state index in [-0.39, 0.29) is 22.9 Å². The summed E-state index contributed by atoms with van der Waals surface area (Å²) in [4.78, 5) is 6.88. The highest BCUT2D eigenvalue weighted by Gasteiger charge is 2.20. The monoisotopic (exact) mass is 422 g/mol. The van der Waals surface area contributed by atoms with E-state index >= 15 is 0 Å². The highest BCUT2D eigenvalue weighted by Crippen LogP contribution is 2.26. The number of halogens is 1. The number of aromatic nitrogens is 2. The van der Waals surface area contributed by atoms with Gasteiger partial charge in [-0.15, -0.1) is 0 Å². The Morgan fingerprint density at radius 3 is 2.83 bits per heavy atom. The maximum atomic E-state index is 14.4. The van der Waals surface area contributed by atoms with Gasteiger partial charge < -0.3 is 9.72 Å². The maximum Gasteiger partial charge on any atom is 0.264 e. The second kappa shape index (κ2) is 7.85. The summed E-state index contributed by atoms with van der Waals surface area (Å²) in [6.07, 6.45) is 2.89. The van der Waals surface area contributed by atoms with Gasteiger partial charge in [-0.2, -0.15) is 5.26 Å². The van der Waals surface area contributed by atoms with Crippen LogP contribution >= 0.6 is 0 Å². The van der Waals surface area contributed by atoms with Gasteiger partial charge in [-0.1, -0.05) is 12.1 Å². The van der Waals surface area contributed by atoms with Gasteiger partial charge in [0.2, 0.25) is 0 Å². The number of nitrogens with zero attached hydrogens (tertiary/aromatic N) is 2. The summed E-state index contributed by atoms with van der Waals surface area (Å²) < 4.78 is 47.7. The Hall–Kier alpha value is -3.90. The van der Waals surface area contributed by atoms with Crippen LogP contribution in [0, 0.1) is 17.1 Å². The first-order valence-corrected chi connectivity index (χ1v) is 10.3. The average molecular weight is 422 g/mol. The smallest absolute Gasteiger partial charge is 0.264 e. The third-order valence-corrected chi connectivity index (χ3v) is 5.76. The average Bonchev–Trinajstić information content (AvgIpc) is 3.18. The van der Waals surface area contributed by atoms with Crippen molar-refractivity contribution in [2.75, 3.05) is 4.72 Å². The van der Waals surface area contributed by atoms with E-state index in [1.807, 2.05) is 6.07 Å². The van der Waals surface area contributed by atoms with Gasteiger partial charge >= 0.3 is 0 Å². The van der Waals surface area contributed by atoms with Crippen molar-refractivity contribution in [3.8, 4) is 11.8 Å². The Balaban J connectivity index is 1.51. The van der Waals surface area contributed by atoms with Gasteiger partial charge in [-0.3, -0.25) is 4.72 Å². The van der Waals surface area contributed by atoms with Crippen molar-refractivity contribution in [1.29, 1.82) is 5.26 Å². The zero-order valence-electron chi connectivity index (χ0n) is 15.5. The quantitative estimate of drug-likeness (QED) is 0.489. The van der Waals surface area contributed by atoms with E-state index in [0.29, 0.717) is 22.2 Å². The number of nitrogens with one attached hydrogen (secondary N) is 2. The lowest BCUT2D eigenvalue weighted by Gasteiger charge is -2.11. The van der Waals surface area contributed by atoms with Gasteiger partial charge in [0.1, 0.15) is 17.1 Å².